The van der Waals surface area contributed by atoms with Crippen molar-refractivity contribution in [2.75, 3.05) is 6.54 Å². The zero-order valence-corrected chi connectivity index (χ0v) is 12.9. The van der Waals surface area contributed by atoms with Gasteiger partial charge in [0.05, 0.1) is 12.1 Å². The lowest BCUT2D eigenvalue weighted by Gasteiger charge is -2.29. The van der Waals surface area contributed by atoms with Crippen molar-refractivity contribution in [1.29, 1.82) is 0 Å². The minimum atomic E-state index is 0.198. The molecule has 0 bridgehead atoms. The molecule has 21 heavy (non-hydrogen) atoms. The molecular weight excluding hydrogens is 262 g/mol. The Bertz CT molecular complexity index is 687. The highest BCUT2D eigenvalue weighted by Crippen LogP contribution is 2.20. The molecule has 0 N–H and O–H groups in total. The van der Waals surface area contributed by atoms with Gasteiger partial charge in [0, 0.05) is 31.4 Å². The summed E-state index contributed by atoms with van der Waals surface area (Å²) in [5.74, 6) is 0.198. The third-order valence-electron chi connectivity index (χ3n) is 4.47. The number of carbonyl (C=O) groups excluding carboxylic acids is 1. The Labute approximate surface area is 125 Å². The number of nitrogens with zero attached hydrogens (tertiary/aromatic N) is 3. The molecule has 0 atom stereocenters. The van der Waals surface area contributed by atoms with Crippen LogP contribution >= 0.6 is 0 Å². The first kappa shape index (κ1) is 13.9. The smallest absolute Gasteiger partial charge is 0.227 e. The van der Waals surface area contributed by atoms with Crippen molar-refractivity contribution in [3.05, 3.63) is 52.3 Å². The van der Waals surface area contributed by atoms with E-state index in [0.29, 0.717) is 6.42 Å². The third-order valence-corrected chi connectivity index (χ3v) is 4.47. The van der Waals surface area contributed by atoms with Crippen molar-refractivity contribution < 1.29 is 4.79 Å². The first-order chi connectivity index (χ1) is 10.1. The SMILES string of the molecule is Cc1nn(C)c(C)c1CC(=O)N1CCc2ccccc2C1. The minimum absolute atomic E-state index is 0.198. The molecule has 1 aliphatic rings. The van der Waals surface area contributed by atoms with Crippen LogP contribution < -0.4 is 0 Å². The lowest BCUT2D eigenvalue weighted by Crippen LogP contribution is -2.37. The molecule has 3 rings (SSSR count). The van der Waals surface area contributed by atoms with Gasteiger partial charge in [0.25, 0.3) is 0 Å². The first-order valence-electron chi connectivity index (χ1n) is 7.40. The maximum absolute atomic E-state index is 12.6. The quantitative estimate of drug-likeness (QED) is 0.847. The molecule has 1 aromatic heterocycles. The van der Waals surface area contributed by atoms with Gasteiger partial charge in [0.2, 0.25) is 5.91 Å². The third kappa shape index (κ3) is 2.58. The van der Waals surface area contributed by atoms with E-state index < -0.39 is 0 Å². The summed E-state index contributed by atoms with van der Waals surface area (Å²) in [6, 6.07) is 8.39. The fourth-order valence-electron chi connectivity index (χ4n) is 3.04. The zero-order chi connectivity index (χ0) is 15.0. The zero-order valence-electron chi connectivity index (χ0n) is 12.9. The standard InChI is InChI=1S/C17H21N3O/c1-12-16(13(2)19(3)18-12)10-17(21)20-9-8-14-6-4-5-7-15(14)11-20/h4-7H,8-11H2,1-3H3. The van der Waals surface area contributed by atoms with E-state index >= 15 is 0 Å². The summed E-state index contributed by atoms with van der Waals surface area (Å²) in [5, 5.41) is 4.39. The van der Waals surface area contributed by atoms with Crippen molar-refractivity contribution in [3.63, 3.8) is 0 Å². The second kappa shape index (κ2) is 5.35. The Kier molecular flexibility index (Phi) is 3.53. The van der Waals surface area contributed by atoms with E-state index in [9.17, 15) is 4.79 Å². The van der Waals surface area contributed by atoms with Crippen LogP contribution in [0.4, 0.5) is 0 Å². The molecule has 0 fully saturated rings. The Hall–Kier alpha value is -2.10. The first-order valence-corrected chi connectivity index (χ1v) is 7.40. The summed E-state index contributed by atoms with van der Waals surface area (Å²) in [6.45, 7) is 5.54. The Morgan fingerprint density at radius 1 is 1.24 bits per heavy atom. The molecule has 4 heteroatoms. The average Bonchev–Trinajstić information content (AvgIpc) is 2.73. The van der Waals surface area contributed by atoms with Crippen LogP contribution in [0.3, 0.4) is 0 Å². The molecule has 1 aliphatic heterocycles. The summed E-state index contributed by atoms with van der Waals surface area (Å²) in [4.78, 5) is 14.5. The van der Waals surface area contributed by atoms with Gasteiger partial charge in [-0.05, 0) is 31.4 Å². The summed E-state index contributed by atoms with van der Waals surface area (Å²) < 4.78 is 1.85. The highest BCUT2D eigenvalue weighted by atomic mass is 16.2. The Morgan fingerprint density at radius 3 is 2.62 bits per heavy atom. The molecule has 0 saturated heterocycles. The fourth-order valence-corrected chi connectivity index (χ4v) is 3.04. The van der Waals surface area contributed by atoms with Gasteiger partial charge in [0.1, 0.15) is 0 Å². The van der Waals surface area contributed by atoms with Gasteiger partial charge >= 0.3 is 0 Å². The largest absolute Gasteiger partial charge is 0.338 e. The molecule has 0 radical (unpaired) electrons. The van der Waals surface area contributed by atoms with Gasteiger partial charge in [-0.25, -0.2) is 0 Å². The van der Waals surface area contributed by atoms with Crippen LogP contribution in [0.1, 0.15) is 28.1 Å². The summed E-state index contributed by atoms with van der Waals surface area (Å²) in [5.41, 5.74) is 5.76. The molecule has 110 valence electrons. The number of fused-ring (bicyclic) bond motifs is 1. The van der Waals surface area contributed by atoms with E-state index in [-0.39, 0.29) is 5.91 Å². The highest BCUT2D eigenvalue weighted by molar-refractivity contribution is 5.79. The minimum Gasteiger partial charge on any atom is -0.338 e. The van der Waals surface area contributed by atoms with Crippen molar-refractivity contribution in [3.8, 4) is 0 Å². The molecule has 1 amide bonds. The number of hydrogen-bond acceptors (Lipinski definition) is 2. The van der Waals surface area contributed by atoms with Crippen LogP contribution in [0.5, 0.6) is 0 Å². The topological polar surface area (TPSA) is 38.1 Å². The van der Waals surface area contributed by atoms with E-state index in [2.05, 4.69) is 23.3 Å². The van der Waals surface area contributed by atoms with Gasteiger partial charge in [-0.15, -0.1) is 0 Å². The molecule has 0 unspecified atom stereocenters. The van der Waals surface area contributed by atoms with E-state index in [4.69, 9.17) is 0 Å². The van der Waals surface area contributed by atoms with Crippen LogP contribution in [0.25, 0.3) is 0 Å². The van der Waals surface area contributed by atoms with Gasteiger partial charge in [-0.2, -0.15) is 5.10 Å². The molecular formula is C17H21N3O. The van der Waals surface area contributed by atoms with Crippen LogP contribution in [-0.2, 0) is 31.2 Å². The molecule has 0 aliphatic carbocycles. The predicted molar refractivity (Wildman–Crippen MR) is 81.9 cm³/mol. The molecule has 4 nitrogen and oxygen atoms in total. The second-order valence-electron chi connectivity index (χ2n) is 5.78. The number of aromatic nitrogens is 2. The van der Waals surface area contributed by atoms with Crippen LogP contribution in [-0.4, -0.2) is 27.1 Å². The van der Waals surface area contributed by atoms with Gasteiger partial charge in [0.15, 0.2) is 0 Å². The monoisotopic (exact) mass is 283 g/mol. The fraction of sp³-hybridized carbons (Fsp3) is 0.412. The van der Waals surface area contributed by atoms with Crippen molar-refractivity contribution in [2.45, 2.75) is 33.2 Å². The average molecular weight is 283 g/mol. The summed E-state index contributed by atoms with van der Waals surface area (Å²) in [6.07, 6.45) is 1.40. The van der Waals surface area contributed by atoms with Crippen molar-refractivity contribution >= 4 is 5.91 Å². The van der Waals surface area contributed by atoms with E-state index in [1.807, 2.05) is 36.5 Å². The molecule has 0 spiro atoms. The predicted octanol–water partition coefficient (Wildman–Crippen LogP) is 2.16. The number of hydrogen-bond donors (Lipinski definition) is 0. The van der Waals surface area contributed by atoms with Crippen LogP contribution in [0.15, 0.2) is 24.3 Å². The van der Waals surface area contributed by atoms with E-state index in [0.717, 1.165) is 36.5 Å². The lowest BCUT2D eigenvalue weighted by atomic mass is 9.99. The molecule has 1 aromatic carbocycles. The summed E-state index contributed by atoms with van der Waals surface area (Å²) >= 11 is 0. The van der Waals surface area contributed by atoms with E-state index in [1.54, 1.807) is 0 Å². The van der Waals surface area contributed by atoms with Crippen LogP contribution in [0.2, 0.25) is 0 Å². The van der Waals surface area contributed by atoms with Gasteiger partial charge in [-0.3, -0.25) is 9.48 Å². The van der Waals surface area contributed by atoms with Crippen LogP contribution in [0, 0.1) is 13.8 Å². The lowest BCUT2D eigenvalue weighted by molar-refractivity contribution is -0.131. The number of carbonyl (C=O) groups is 1. The number of amides is 1. The van der Waals surface area contributed by atoms with E-state index in [1.165, 1.54) is 11.1 Å². The molecule has 2 heterocycles. The normalized spacial score (nSPS) is 14.1. The second-order valence-corrected chi connectivity index (χ2v) is 5.78. The Balaban J connectivity index is 1.75. The maximum Gasteiger partial charge on any atom is 0.227 e. The molecule has 0 saturated carbocycles. The highest BCUT2D eigenvalue weighted by Gasteiger charge is 2.22. The van der Waals surface area contributed by atoms with Gasteiger partial charge < -0.3 is 4.90 Å². The number of rotatable bonds is 2. The van der Waals surface area contributed by atoms with Crippen molar-refractivity contribution in [2.24, 2.45) is 7.05 Å². The number of aryl methyl sites for hydroxylation is 2. The van der Waals surface area contributed by atoms with Crippen molar-refractivity contribution in [1.82, 2.24) is 14.7 Å². The number of benzene rings is 1. The molecule has 2 aromatic rings. The summed E-state index contributed by atoms with van der Waals surface area (Å²) in [7, 11) is 1.92. The Morgan fingerprint density at radius 2 is 1.95 bits per heavy atom. The maximum atomic E-state index is 12.6. The van der Waals surface area contributed by atoms with Gasteiger partial charge in [-0.1, -0.05) is 24.3 Å².